The molecule has 0 amide bonds. The molecule has 0 aliphatic carbocycles. The van der Waals surface area contributed by atoms with Crippen molar-refractivity contribution in [1.29, 1.82) is 0 Å². The molecule has 0 unspecified atom stereocenters. The molecule has 0 atom stereocenters. The van der Waals surface area contributed by atoms with Gasteiger partial charge in [-0.25, -0.2) is 4.39 Å². The largest absolute Gasteiger partial charge is 0.437 e. The molecule has 100 valence electrons. The lowest BCUT2D eigenvalue weighted by Crippen LogP contribution is -2.04. The summed E-state index contributed by atoms with van der Waals surface area (Å²) in [7, 11) is 0. The summed E-state index contributed by atoms with van der Waals surface area (Å²) in [6.07, 6.45) is 0. The number of hydrogen-bond donors (Lipinski definition) is 2. The van der Waals surface area contributed by atoms with E-state index in [1.165, 1.54) is 12.1 Å². The minimum atomic E-state index is -0.437. The van der Waals surface area contributed by atoms with Crippen LogP contribution in [0.1, 0.15) is 6.92 Å². The minimum Gasteiger partial charge on any atom is -0.437 e. The Balaban J connectivity index is 2.27. The Labute approximate surface area is 114 Å². The number of nitrogen functional groups attached to an aromatic ring is 1. The van der Waals surface area contributed by atoms with Gasteiger partial charge in [0.1, 0.15) is 17.4 Å². The Kier molecular flexibility index (Phi) is 4.01. The number of hydrogen-bond acceptors (Lipinski definition) is 5. The summed E-state index contributed by atoms with van der Waals surface area (Å²) in [5.41, 5.74) is 5.57. The average molecular weight is 283 g/mol. The van der Waals surface area contributed by atoms with Crippen LogP contribution in [0.2, 0.25) is 5.02 Å². The summed E-state index contributed by atoms with van der Waals surface area (Å²) in [6.45, 7) is 2.61. The monoisotopic (exact) mass is 282 g/mol. The highest BCUT2D eigenvalue weighted by molar-refractivity contribution is 6.32. The summed E-state index contributed by atoms with van der Waals surface area (Å²) in [6, 6.07) is 5.41. The first-order valence-corrected chi connectivity index (χ1v) is 5.97. The summed E-state index contributed by atoms with van der Waals surface area (Å²) in [4.78, 5) is 7.91. The Morgan fingerprint density at radius 3 is 2.84 bits per heavy atom. The van der Waals surface area contributed by atoms with Crippen LogP contribution in [-0.4, -0.2) is 16.5 Å². The summed E-state index contributed by atoms with van der Waals surface area (Å²) < 4.78 is 18.4. The fraction of sp³-hybridized carbons (Fsp3) is 0.167. The van der Waals surface area contributed by atoms with E-state index < -0.39 is 5.82 Å². The number of halogens is 2. The van der Waals surface area contributed by atoms with E-state index in [0.29, 0.717) is 18.1 Å². The third-order valence-corrected chi connectivity index (χ3v) is 2.48. The van der Waals surface area contributed by atoms with Crippen LogP contribution >= 0.6 is 11.6 Å². The molecule has 1 heterocycles. The van der Waals surface area contributed by atoms with E-state index in [2.05, 4.69) is 15.3 Å². The smallest absolute Gasteiger partial charge is 0.226 e. The van der Waals surface area contributed by atoms with Gasteiger partial charge in [-0.05, 0) is 25.1 Å². The van der Waals surface area contributed by atoms with Crippen molar-refractivity contribution in [1.82, 2.24) is 9.97 Å². The first-order valence-electron chi connectivity index (χ1n) is 5.60. The molecule has 19 heavy (non-hydrogen) atoms. The Bertz CT molecular complexity index is 594. The van der Waals surface area contributed by atoms with Crippen LogP contribution in [-0.2, 0) is 0 Å². The van der Waals surface area contributed by atoms with E-state index >= 15 is 0 Å². The number of rotatable bonds is 4. The zero-order valence-electron chi connectivity index (χ0n) is 10.2. The highest BCUT2D eigenvalue weighted by atomic mass is 35.5. The molecule has 0 saturated heterocycles. The molecule has 1 aromatic carbocycles. The number of benzene rings is 1. The molecule has 0 spiro atoms. The normalized spacial score (nSPS) is 10.3. The van der Waals surface area contributed by atoms with Crippen LogP contribution < -0.4 is 15.8 Å². The molecule has 3 N–H and O–H groups in total. The van der Waals surface area contributed by atoms with E-state index in [4.69, 9.17) is 22.1 Å². The van der Waals surface area contributed by atoms with Crippen LogP contribution in [0.4, 0.5) is 16.2 Å². The number of nitrogens with one attached hydrogen (secondary N) is 1. The molecule has 0 aliphatic heterocycles. The van der Waals surface area contributed by atoms with Crippen molar-refractivity contribution in [2.75, 3.05) is 17.6 Å². The van der Waals surface area contributed by atoms with Crippen molar-refractivity contribution in [3.05, 3.63) is 35.1 Å². The maximum Gasteiger partial charge on any atom is 0.226 e. The molecule has 5 nitrogen and oxygen atoms in total. The van der Waals surface area contributed by atoms with Gasteiger partial charge in [0.05, 0.1) is 5.02 Å². The first-order chi connectivity index (χ1) is 9.08. The number of ether oxygens (including phenoxy) is 1. The molecular formula is C12H12ClFN4O. The van der Waals surface area contributed by atoms with E-state index in [1.807, 2.05) is 6.92 Å². The van der Waals surface area contributed by atoms with Crippen molar-refractivity contribution in [3.63, 3.8) is 0 Å². The quantitative estimate of drug-likeness (QED) is 0.901. The highest BCUT2D eigenvalue weighted by Crippen LogP contribution is 2.29. The van der Waals surface area contributed by atoms with Crippen molar-refractivity contribution >= 4 is 23.4 Å². The van der Waals surface area contributed by atoms with Crippen LogP contribution in [0.15, 0.2) is 24.3 Å². The molecule has 2 rings (SSSR count). The van der Waals surface area contributed by atoms with Gasteiger partial charge in [0.25, 0.3) is 0 Å². The molecule has 0 radical (unpaired) electrons. The fourth-order valence-electron chi connectivity index (χ4n) is 1.44. The van der Waals surface area contributed by atoms with Gasteiger partial charge in [-0.3, -0.25) is 0 Å². The highest BCUT2D eigenvalue weighted by Gasteiger charge is 2.08. The molecule has 0 aliphatic rings. The lowest BCUT2D eigenvalue weighted by atomic mass is 10.3. The van der Waals surface area contributed by atoms with Crippen molar-refractivity contribution in [2.45, 2.75) is 6.92 Å². The number of nitrogens with two attached hydrogens (primary N) is 1. The Morgan fingerprint density at radius 1 is 1.37 bits per heavy atom. The van der Waals surface area contributed by atoms with Crippen molar-refractivity contribution < 1.29 is 9.13 Å². The van der Waals surface area contributed by atoms with E-state index in [0.717, 1.165) is 6.07 Å². The summed E-state index contributed by atoms with van der Waals surface area (Å²) >= 11 is 5.86. The SMILES string of the molecule is CCNc1cc(Oc2ccc(F)cc2Cl)nc(N)n1. The van der Waals surface area contributed by atoms with Crippen LogP contribution in [0.3, 0.4) is 0 Å². The Morgan fingerprint density at radius 2 is 2.16 bits per heavy atom. The summed E-state index contributed by atoms with van der Waals surface area (Å²) in [5, 5.41) is 3.15. The van der Waals surface area contributed by atoms with Gasteiger partial charge in [-0.1, -0.05) is 11.6 Å². The Hall–Kier alpha value is -2.08. The van der Waals surface area contributed by atoms with Gasteiger partial charge in [0.2, 0.25) is 11.8 Å². The first kappa shape index (κ1) is 13.4. The molecule has 7 heteroatoms. The second-order valence-corrected chi connectivity index (χ2v) is 4.06. The molecule has 0 saturated carbocycles. The van der Waals surface area contributed by atoms with Gasteiger partial charge in [0, 0.05) is 12.6 Å². The van der Waals surface area contributed by atoms with Gasteiger partial charge < -0.3 is 15.8 Å². The van der Waals surface area contributed by atoms with Crippen molar-refractivity contribution in [2.24, 2.45) is 0 Å². The molecular weight excluding hydrogens is 271 g/mol. The second-order valence-electron chi connectivity index (χ2n) is 3.66. The van der Waals surface area contributed by atoms with E-state index in [-0.39, 0.29) is 16.9 Å². The van der Waals surface area contributed by atoms with Crippen LogP contribution in [0.25, 0.3) is 0 Å². The number of anilines is 2. The lowest BCUT2D eigenvalue weighted by Gasteiger charge is -2.09. The van der Waals surface area contributed by atoms with Crippen LogP contribution in [0, 0.1) is 5.82 Å². The molecule has 2 aromatic rings. The maximum absolute atomic E-state index is 12.9. The van der Waals surface area contributed by atoms with Crippen LogP contribution in [0.5, 0.6) is 11.6 Å². The zero-order chi connectivity index (χ0) is 13.8. The average Bonchev–Trinajstić information content (AvgIpc) is 2.32. The fourth-order valence-corrected chi connectivity index (χ4v) is 1.64. The van der Waals surface area contributed by atoms with Gasteiger partial charge in [-0.15, -0.1) is 0 Å². The maximum atomic E-state index is 12.9. The predicted molar refractivity (Wildman–Crippen MR) is 72.1 cm³/mol. The summed E-state index contributed by atoms with van der Waals surface area (Å²) in [5.74, 6) is 0.711. The van der Waals surface area contributed by atoms with E-state index in [9.17, 15) is 4.39 Å². The van der Waals surface area contributed by atoms with Gasteiger partial charge in [-0.2, -0.15) is 9.97 Å². The third kappa shape index (κ3) is 3.45. The van der Waals surface area contributed by atoms with E-state index in [1.54, 1.807) is 6.07 Å². The van der Waals surface area contributed by atoms with Gasteiger partial charge >= 0.3 is 0 Å². The molecule has 1 aromatic heterocycles. The number of nitrogens with zero attached hydrogens (tertiary/aromatic N) is 2. The van der Waals surface area contributed by atoms with Gasteiger partial charge in [0.15, 0.2) is 0 Å². The van der Waals surface area contributed by atoms with Crippen molar-refractivity contribution in [3.8, 4) is 11.6 Å². The molecule has 0 fully saturated rings. The number of aromatic nitrogens is 2. The minimum absolute atomic E-state index is 0.0756. The third-order valence-electron chi connectivity index (χ3n) is 2.19. The molecule has 0 bridgehead atoms. The lowest BCUT2D eigenvalue weighted by molar-refractivity contribution is 0.461. The predicted octanol–water partition coefficient (Wildman–Crippen LogP) is 3.08. The standard InChI is InChI=1S/C12H12ClFN4O/c1-2-16-10-6-11(18-12(15)17-10)19-9-4-3-7(14)5-8(9)13/h3-6H,2H2,1H3,(H3,15,16,17,18). The zero-order valence-corrected chi connectivity index (χ0v) is 10.9. The second kappa shape index (κ2) is 5.71. The topological polar surface area (TPSA) is 73.1 Å².